The largest absolute Gasteiger partial charge is 0.505 e. The molecule has 0 aromatic heterocycles. The Balaban J connectivity index is 0.000000583. The number of rotatable bonds is 0. The van der Waals surface area contributed by atoms with Crippen LogP contribution in [0.2, 0.25) is 0 Å². The maximum Gasteiger partial charge on any atom is 0.419 e. The van der Waals surface area contributed by atoms with Crippen LogP contribution in [0.25, 0.3) is 0 Å². The van der Waals surface area contributed by atoms with Gasteiger partial charge >= 0.3 is 6.18 Å². The number of halogens is 4. The number of alkyl halides is 3. The highest BCUT2D eigenvalue weighted by molar-refractivity contribution is 5.31. The normalized spacial score (nSPS) is 10.5. The average molecular weight is 224 g/mol. The van der Waals surface area contributed by atoms with E-state index in [1.807, 2.05) is 0 Å². The van der Waals surface area contributed by atoms with Gasteiger partial charge in [0, 0.05) is 0 Å². The summed E-state index contributed by atoms with van der Waals surface area (Å²) in [5.41, 5.74) is -1.46. The molecular weight excluding hydrogens is 212 g/mol. The second-order valence-corrected chi connectivity index (χ2v) is 2.84. The van der Waals surface area contributed by atoms with E-state index in [9.17, 15) is 17.6 Å². The Kier molecular flexibility index (Phi) is 5.11. The van der Waals surface area contributed by atoms with Gasteiger partial charge in [-0.05, 0) is 12.1 Å². The first-order valence-electron chi connectivity index (χ1n) is 4.39. The number of hydrogen-bond donors (Lipinski definition) is 1. The molecule has 0 aliphatic rings. The Labute approximate surface area is 85.4 Å². The third kappa shape index (κ3) is 4.18. The van der Waals surface area contributed by atoms with Gasteiger partial charge in [0.05, 0.1) is 5.56 Å². The standard InChI is InChI=1S/C7H4F4O.C3H8/c8-6-4(7(9,10)11)2-1-3-5(6)12;1-3-2/h1-3,12H;3H2,1-2H3. The van der Waals surface area contributed by atoms with Gasteiger partial charge in [-0.1, -0.05) is 26.3 Å². The third-order valence-corrected chi connectivity index (χ3v) is 1.28. The minimum Gasteiger partial charge on any atom is -0.505 e. The van der Waals surface area contributed by atoms with Crippen LogP contribution < -0.4 is 0 Å². The van der Waals surface area contributed by atoms with E-state index in [1.54, 1.807) is 0 Å². The van der Waals surface area contributed by atoms with Crippen molar-refractivity contribution in [3.63, 3.8) is 0 Å². The van der Waals surface area contributed by atoms with Crippen LogP contribution in [0.4, 0.5) is 17.6 Å². The van der Waals surface area contributed by atoms with Crippen LogP contribution in [-0.4, -0.2) is 5.11 Å². The molecule has 0 spiro atoms. The third-order valence-electron chi connectivity index (χ3n) is 1.28. The zero-order valence-corrected chi connectivity index (χ0v) is 8.40. The summed E-state index contributed by atoms with van der Waals surface area (Å²) in [7, 11) is 0. The van der Waals surface area contributed by atoms with Gasteiger partial charge in [0.1, 0.15) is 0 Å². The minimum atomic E-state index is -4.76. The average Bonchev–Trinajstić information content (AvgIpc) is 2.09. The number of phenolic OH excluding ortho intramolecular Hbond substituents is 1. The fraction of sp³-hybridized carbons (Fsp3) is 0.400. The van der Waals surface area contributed by atoms with Gasteiger partial charge in [0.2, 0.25) is 0 Å². The molecule has 1 aromatic carbocycles. The predicted molar refractivity (Wildman–Crippen MR) is 49.0 cm³/mol. The first kappa shape index (κ1) is 13.7. The highest BCUT2D eigenvalue weighted by Crippen LogP contribution is 2.33. The second-order valence-electron chi connectivity index (χ2n) is 2.84. The molecular formula is C10H12F4O. The van der Waals surface area contributed by atoms with E-state index >= 15 is 0 Å². The molecule has 5 heteroatoms. The predicted octanol–water partition coefficient (Wildman–Crippen LogP) is 3.97. The molecule has 0 radical (unpaired) electrons. The fourth-order valence-electron chi connectivity index (χ4n) is 0.739. The molecule has 0 atom stereocenters. The Morgan fingerprint density at radius 1 is 1.20 bits per heavy atom. The molecule has 15 heavy (non-hydrogen) atoms. The van der Waals surface area contributed by atoms with E-state index in [0.717, 1.165) is 12.1 Å². The maximum absolute atomic E-state index is 12.5. The summed E-state index contributed by atoms with van der Waals surface area (Å²) < 4.78 is 48.2. The summed E-state index contributed by atoms with van der Waals surface area (Å²) in [6.07, 6.45) is -3.51. The van der Waals surface area contributed by atoms with Crippen molar-refractivity contribution in [3.8, 4) is 5.75 Å². The molecule has 0 amide bonds. The maximum atomic E-state index is 12.5. The molecule has 0 bridgehead atoms. The van der Waals surface area contributed by atoms with Crippen LogP contribution >= 0.6 is 0 Å². The number of phenols is 1. The molecule has 1 nitrogen and oxygen atoms in total. The molecule has 1 aromatic rings. The topological polar surface area (TPSA) is 20.2 Å². The molecule has 0 saturated heterocycles. The van der Waals surface area contributed by atoms with Gasteiger partial charge in [-0.25, -0.2) is 4.39 Å². The van der Waals surface area contributed by atoms with Crippen molar-refractivity contribution < 1.29 is 22.7 Å². The van der Waals surface area contributed by atoms with E-state index in [4.69, 9.17) is 5.11 Å². The van der Waals surface area contributed by atoms with Crippen LogP contribution in [0.15, 0.2) is 18.2 Å². The van der Waals surface area contributed by atoms with Crippen molar-refractivity contribution in [2.45, 2.75) is 26.4 Å². The summed E-state index contributed by atoms with van der Waals surface area (Å²) in [6, 6.07) is 2.35. The van der Waals surface area contributed by atoms with Gasteiger partial charge in [-0.2, -0.15) is 13.2 Å². The minimum absolute atomic E-state index is 0.565. The highest BCUT2D eigenvalue weighted by atomic mass is 19.4. The first-order valence-corrected chi connectivity index (χ1v) is 4.39. The van der Waals surface area contributed by atoms with Crippen molar-refractivity contribution in [1.29, 1.82) is 0 Å². The molecule has 1 N–H and O–H groups in total. The van der Waals surface area contributed by atoms with E-state index in [0.29, 0.717) is 6.07 Å². The van der Waals surface area contributed by atoms with Gasteiger partial charge < -0.3 is 5.11 Å². The van der Waals surface area contributed by atoms with Crippen molar-refractivity contribution in [1.82, 2.24) is 0 Å². The Hall–Kier alpha value is -1.26. The van der Waals surface area contributed by atoms with Gasteiger partial charge in [-0.15, -0.1) is 0 Å². The Bertz CT molecular complexity index is 307. The van der Waals surface area contributed by atoms with Crippen molar-refractivity contribution in [3.05, 3.63) is 29.6 Å². The van der Waals surface area contributed by atoms with Gasteiger partial charge in [-0.3, -0.25) is 0 Å². The lowest BCUT2D eigenvalue weighted by Gasteiger charge is -2.07. The second kappa shape index (κ2) is 5.58. The smallest absolute Gasteiger partial charge is 0.419 e. The van der Waals surface area contributed by atoms with Crippen LogP contribution in [-0.2, 0) is 6.18 Å². The van der Waals surface area contributed by atoms with Crippen LogP contribution in [0.3, 0.4) is 0 Å². The lowest BCUT2D eigenvalue weighted by Crippen LogP contribution is -2.07. The lowest BCUT2D eigenvalue weighted by atomic mass is 10.2. The molecule has 0 saturated carbocycles. The summed E-state index contributed by atoms with van der Waals surface area (Å²) in [6.45, 7) is 4.25. The van der Waals surface area contributed by atoms with Crippen LogP contribution in [0.5, 0.6) is 5.75 Å². The molecule has 0 fully saturated rings. The van der Waals surface area contributed by atoms with E-state index in [2.05, 4.69) is 13.8 Å². The van der Waals surface area contributed by atoms with E-state index < -0.39 is 23.3 Å². The van der Waals surface area contributed by atoms with Crippen LogP contribution in [0.1, 0.15) is 25.8 Å². The molecule has 0 unspecified atom stereocenters. The van der Waals surface area contributed by atoms with Crippen molar-refractivity contribution >= 4 is 0 Å². The Morgan fingerprint density at radius 3 is 2.00 bits per heavy atom. The fourth-order valence-corrected chi connectivity index (χ4v) is 0.739. The number of hydrogen-bond acceptors (Lipinski definition) is 1. The molecule has 1 rings (SSSR count). The quantitative estimate of drug-likeness (QED) is 0.661. The monoisotopic (exact) mass is 224 g/mol. The first-order chi connectivity index (χ1) is 6.84. The summed E-state index contributed by atoms with van der Waals surface area (Å²) in [5.74, 6) is -2.63. The zero-order valence-electron chi connectivity index (χ0n) is 8.40. The Morgan fingerprint density at radius 2 is 1.67 bits per heavy atom. The lowest BCUT2D eigenvalue weighted by molar-refractivity contribution is -0.140. The number of benzene rings is 1. The molecule has 0 aliphatic heterocycles. The number of aromatic hydroxyl groups is 1. The zero-order chi connectivity index (χ0) is 12.1. The molecule has 86 valence electrons. The van der Waals surface area contributed by atoms with Gasteiger partial charge in [0.15, 0.2) is 11.6 Å². The SMILES string of the molecule is CCC.Oc1cccc(C(F)(F)F)c1F. The molecule has 0 heterocycles. The van der Waals surface area contributed by atoms with Crippen molar-refractivity contribution in [2.24, 2.45) is 0 Å². The van der Waals surface area contributed by atoms with Gasteiger partial charge in [0.25, 0.3) is 0 Å². The van der Waals surface area contributed by atoms with Crippen LogP contribution in [0, 0.1) is 5.82 Å². The summed E-state index contributed by atoms with van der Waals surface area (Å²) >= 11 is 0. The van der Waals surface area contributed by atoms with E-state index in [-0.39, 0.29) is 0 Å². The highest BCUT2D eigenvalue weighted by Gasteiger charge is 2.34. The van der Waals surface area contributed by atoms with Crippen molar-refractivity contribution in [2.75, 3.05) is 0 Å². The summed E-state index contributed by atoms with van der Waals surface area (Å²) in [4.78, 5) is 0. The molecule has 0 aliphatic carbocycles. The van der Waals surface area contributed by atoms with E-state index in [1.165, 1.54) is 6.42 Å². The summed E-state index contributed by atoms with van der Waals surface area (Å²) in [5, 5.41) is 8.59.